The average molecular weight is 823 g/mol. The number of carbonyl (C=O) groups excluding carboxylic acids is 1. The number of carbonyl (C=O) groups is 1. The van der Waals surface area contributed by atoms with Crippen molar-refractivity contribution in [3.8, 4) is 11.5 Å². The van der Waals surface area contributed by atoms with E-state index in [-0.39, 0.29) is 44.3 Å². The summed E-state index contributed by atoms with van der Waals surface area (Å²) in [6.07, 6.45) is 0. The fraction of sp³-hybridized carbons (Fsp3) is 0. The van der Waals surface area contributed by atoms with Crippen molar-refractivity contribution in [1.29, 1.82) is 0 Å². The monoisotopic (exact) mass is 822 g/mol. The molecule has 6 rings (SSSR count). The number of hydrogen-bond acceptors (Lipinski definition) is 15. The molecule has 23 heteroatoms. The quantitative estimate of drug-likeness (QED) is 0.0412. The Balaban J connectivity index is 1.15. The SMILES string of the molecule is Nc1ccc2c(O)c(N=Nc3ccc(NC(=O)Nc4ccc(N=Nc5c(S(=O)(=O)O)cc6cc(S(=O)(=O)O)cc(N)c6c5O)cc4)cc3)c(S(=O)(=O)O)cc2c1. The van der Waals surface area contributed by atoms with Gasteiger partial charge in [-0.3, -0.25) is 13.7 Å². The van der Waals surface area contributed by atoms with Crippen molar-refractivity contribution in [3.05, 3.63) is 91.0 Å². The van der Waals surface area contributed by atoms with Gasteiger partial charge >= 0.3 is 6.03 Å². The average Bonchev–Trinajstić information content (AvgIpc) is 3.10. The molecule has 0 spiro atoms. The van der Waals surface area contributed by atoms with Gasteiger partial charge in [0.15, 0.2) is 11.5 Å². The van der Waals surface area contributed by atoms with Crippen LogP contribution in [-0.4, -0.2) is 55.2 Å². The molecule has 56 heavy (non-hydrogen) atoms. The van der Waals surface area contributed by atoms with Crippen molar-refractivity contribution < 1.29 is 53.9 Å². The van der Waals surface area contributed by atoms with Crippen LogP contribution in [-0.2, 0) is 30.4 Å². The van der Waals surface area contributed by atoms with Gasteiger partial charge in [-0.2, -0.15) is 35.5 Å². The highest BCUT2D eigenvalue weighted by Gasteiger charge is 2.25. The van der Waals surface area contributed by atoms with Crippen LogP contribution in [0.3, 0.4) is 0 Å². The van der Waals surface area contributed by atoms with E-state index in [1.807, 2.05) is 0 Å². The van der Waals surface area contributed by atoms with Gasteiger partial charge in [-0.15, -0.1) is 10.2 Å². The van der Waals surface area contributed by atoms with Crippen molar-refractivity contribution in [2.45, 2.75) is 14.7 Å². The van der Waals surface area contributed by atoms with E-state index < -0.39 is 73.9 Å². The van der Waals surface area contributed by atoms with Crippen LogP contribution in [0.15, 0.2) is 126 Å². The van der Waals surface area contributed by atoms with Crippen molar-refractivity contribution in [1.82, 2.24) is 0 Å². The summed E-state index contributed by atoms with van der Waals surface area (Å²) >= 11 is 0. The van der Waals surface area contributed by atoms with Gasteiger partial charge in [0, 0.05) is 33.5 Å². The third kappa shape index (κ3) is 8.31. The first-order valence-electron chi connectivity index (χ1n) is 15.4. The standard InChI is InChI=1S/C33H26N8O12S3/c34-18-1-10-24-16(11-18)13-26(55(48,49)50)29(31(24)42)40-38-21-6-2-19(3-7-21)36-33(44)37-20-4-8-22(9-5-20)39-41-30-27(56(51,52)53)14-17-12-23(54(45,46)47)15-25(35)28(17)32(30)43/h1-15,42-43H,34-35H2,(H2,36,37,44)(H,45,46,47)(H,48,49,50)(H,51,52,53). The predicted molar refractivity (Wildman–Crippen MR) is 203 cm³/mol. The summed E-state index contributed by atoms with van der Waals surface area (Å²) in [6, 6.07) is 18.6. The molecular formula is C33H26N8O12S3. The number of nitrogen functional groups attached to an aromatic ring is 2. The fourth-order valence-corrected chi connectivity index (χ4v) is 7.20. The molecule has 0 radical (unpaired) electrons. The van der Waals surface area contributed by atoms with Gasteiger partial charge in [0.25, 0.3) is 30.4 Å². The second kappa shape index (κ2) is 14.5. The van der Waals surface area contributed by atoms with Gasteiger partial charge in [-0.25, -0.2) is 4.79 Å². The minimum atomic E-state index is -5.06. The first-order chi connectivity index (χ1) is 26.2. The number of urea groups is 1. The second-order valence-corrected chi connectivity index (χ2v) is 15.9. The number of rotatable bonds is 9. The minimum absolute atomic E-state index is 0.0987. The summed E-state index contributed by atoms with van der Waals surface area (Å²) < 4.78 is 101. The number of nitrogens with two attached hydrogens (primary N) is 2. The molecule has 288 valence electrons. The zero-order chi connectivity index (χ0) is 40.7. The van der Waals surface area contributed by atoms with Crippen LogP contribution in [0, 0.1) is 0 Å². The number of phenolic OH excluding ortho intramolecular Hbond substituents is 2. The number of phenols is 2. The van der Waals surface area contributed by atoms with E-state index in [1.165, 1.54) is 66.7 Å². The maximum absolute atomic E-state index is 12.7. The van der Waals surface area contributed by atoms with Crippen molar-refractivity contribution >= 4 is 103 Å². The van der Waals surface area contributed by atoms with E-state index in [0.717, 1.165) is 24.3 Å². The Morgan fingerprint density at radius 1 is 0.554 bits per heavy atom. The van der Waals surface area contributed by atoms with Crippen LogP contribution in [0.5, 0.6) is 11.5 Å². The lowest BCUT2D eigenvalue weighted by Gasteiger charge is -2.12. The summed E-state index contributed by atoms with van der Waals surface area (Å²) in [5, 5.41) is 42.2. The van der Waals surface area contributed by atoms with Crippen LogP contribution in [0.1, 0.15) is 0 Å². The highest BCUT2D eigenvalue weighted by Crippen LogP contribution is 2.45. The normalized spacial score (nSPS) is 12.5. The Labute approximate surface area is 316 Å². The molecule has 11 N–H and O–H groups in total. The van der Waals surface area contributed by atoms with Crippen molar-refractivity contribution in [3.63, 3.8) is 0 Å². The van der Waals surface area contributed by atoms with Gasteiger partial charge in [0.05, 0.1) is 16.3 Å². The molecule has 0 atom stereocenters. The lowest BCUT2D eigenvalue weighted by Crippen LogP contribution is -2.19. The summed E-state index contributed by atoms with van der Waals surface area (Å²) in [5.41, 5.74) is 11.2. The maximum atomic E-state index is 12.7. The zero-order valence-corrected chi connectivity index (χ0v) is 30.4. The minimum Gasteiger partial charge on any atom is -0.505 e. The largest absolute Gasteiger partial charge is 0.505 e. The molecule has 0 aliphatic heterocycles. The van der Waals surface area contributed by atoms with Crippen molar-refractivity contribution in [2.24, 2.45) is 20.5 Å². The molecule has 0 aliphatic carbocycles. The molecule has 0 bridgehead atoms. The molecule has 0 unspecified atom stereocenters. The Bertz CT molecular complexity index is 3000. The van der Waals surface area contributed by atoms with Gasteiger partial charge < -0.3 is 32.3 Å². The fourth-order valence-electron chi connectivity index (χ4n) is 5.33. The first-order valence-corrected chi connectivity index (χ1v) is 19.7. The van der Waals surface area contributed by atoms with Crippen molar-refractivity contribution in [2.75, 3.05) is 22.1 Å². The Hall–Kier alpha value is -6.76. The highest BCUT2D eigenvalue weighted by atomic mass is 32.2. The number of benzene rings is 6. The molecule has 6 aromatic carbocycles. The number of fused-ring (bicyclic) bond motifs is 2. The molecule has 6 aromatic rings. The molecule has 0 aromatic heterocycles. The molecule has 0 aliphatic rings. The van der Waals surface area contributed by atoms with Crippen LogP contribution >= 0.6 is 0 Å². The van der Waals surface area contributed by atoms with Crippen LogP contribution < -0.4 is 22.1 Å². The maximum Gasteiger partial charge on any atom is 0.323 e. The predicted octanol–water partition coefficient (Wildman–Crippen LogP) is 6.78. The molecule has 0 heterocycles. The molecule has 0 saturated heterocycles. The first kappa shape index (κ1) is 38.9. The topological polar surface area (TPSA) is 346 Å². The summed E-state index contributed by atoms with van der Waals surface area (Å²) in [6.45, 7) is 0. The summed E-state index contributed by atoms with van der Waals surface area (Å²) in [5.74, 6) is -1.40. The zero-order valence-electron chi connectivity index (χ0n) is 27.9. The number of anilines is 4. The molecule has 0 fully saturated rings. The van der Waals surface area contributed by atoms with Gasteiger partial charge in [-0.05, 0) is 102 Å². The van der Waals surface area contributed by atoms with Gasteiger partial charge in [0.2, 0.25) is 0 Å². The number of aromatic hydroxyl groups is 2. The molecule has 0 saturated carbocycles. The van der Waals surface area contributed by atoms with Gasteiger partial charge in [-0.1, -0.05) is 0 Å². The lowest BCUT2D eigenvalue weighted by atomic mass is 10.1. The number of hydrogen-bond donors (Lipinski definition) is 9. The number of amides is 2. The van der Waals surface area contributed by atoms with E-state index in [9.17, 15) is 53.9 Å². The summed E-state index contributed by atoms with van der Waals surface area (Å²) in [4.78, 5) is 10.3. The van der Waals surface area contributed by atoms with Crippen LogP contribution in [0.2, 0.25) is 0 Å². The molecule has 2 amide bonds. The highest BCUT2D eigenvalue weighted by molar-refractivity contribution is 7.86. The molecular weight excluding hydrogens is 797 g/mol. The second-order valence-electron chi connectivity index (χ2n) is 11.7. The number of azo groups is 2. The van der Waals surface area contributed by atoms with E-state index in [2.05, 4.69) is 31.1 Å². The Kier molecular flexibility index (Phi) is 10.1. The number of nitrogens with zero attached hydrogens (tertiary/aromatic N) is 4. The molecule has 20 nitrogen and oxygen atoms in total. The van der Waals surface area contributed by atoms with E-state index in [1.54, 1.807) is 0 Å². The lowest BCUT2D eigenvalue weighted by molar-refractivity contribution is 0.262. The summed E-state index contributed by atoms with van der Waals surface area (Å²) in [7, 11) is -14.7. The van der Waals surface area contributed by atoms with E-state index in [4.69, 9.17) is 11.5 Å². The van der Waals surface area contributed by atoms with E-state index >= 15 is 0 Å². The third-order valence-corrected chi connectivity index (χ3v) is 10.4. The third-order valence-electron chi connectivity index (χ3n) is 7.86. The van der Waals surface area contributed by atoms with E-state index in [0.29, 0.717) is 11.4 Å². The van der Waals surface area contributed by atoms with Crippen LogP contribution in [0.4, 0.5) is 50.3 Å². The van der Waals surface area contributed by atoms with Crippen LogP contribution in [0.25, 0.3) is 21.5 Å². The Morgan fingerprint density at radius 3 is 1.52 bits per heavy atom. The Morgan fingerprint density at radius 2 is 1.04 bits per heavy atom. The smallest absolute Gasteiger partial charge is 0.323 e. The number of nitrogens with one attached hydrogen (secondary N) is 2. The van der Waals surface area contributed by atoms with Gasteiger partial charge in [0.1, 0.15) is 21.2 Å².